The lowest BCUT2D eigenvalue weighted by molar-refractivity contribution is -0.130. The van der Waals surface area contributed by atoms with Gasteiger partial charge in [0.05, 0.1) is 18.0 Å². The van der Waals surface area contributed by atoms with E-state index in [0.29, 0.717) is 25.3 Å². The molecule has 25 heavy (non-hydrogen) atoms. The van der Waals surface area contributed by atoms with Gasteiger partial charge in [-0.2, -0.15) is 0 Å². The summed E-state index contributed by atoms with van der Waals surface area (Å²) in [7, 11) is 0. The van der Waals surface area contributed by atoms with Crippen molar-refractivity contribution < 1.29 is 14.1 Å². The van der Waals surface area contributed by atoms with Crippen molar-refractivity contribution in [1.29, 1.82) is 0 Å². The van der Waals surface area contributed by atoms with Crippen molar-refractivity contribution in [3.63, 3.8) is 0 Å². The molecular weight excluding hydrogens is 318 g/mol. The zero-order valence-corrected chi connectivity index (χ0v) is 15.7. The average molecular weight is 347 g/mol. The lowest BCUT2D eigenvalue weighted by Gasteiger charge is -2.29. The maximum absolute atomic E-state index is 12.9. The number of aromatic nitrogens is 1. The average Bonchev–Trinajstić information content (AvgIpc) is 3.24. The molecule has 0 radical (unpaired) electrons. The van der Waals surface area contributed by atoms with Gasteiger partial charge in [-0.25, -0.2) is 0 Å². The number of hydrogen-bond donors (Lipinski definition) is 1. The van der Waals surface area contributed by atoms with Gasteiger partial charge >= 0.3 is 0 Å². The summed E-state index contributed by atoms with van der Waals surface area (Å²) in [4.78, 5) is 27.5. The first-order valence-electron chi connectivity index (χ1n) is 9.32. The Hall–Kier alpha value is -1.85. The van der Waals surface area contributed by atoms with Gasteiger partial charge in [-0.05, 0) is 40.5 Å². The van der Waals surface area contributed by atoms with Crippen LogP contribution in [0.2, 0.25) is 0 Å². The highest BCUT2D eigenvalue weighted by atomic mass is 16.5. The number of nitrogens with one attached hydrogen (secondary N) is 1. The van der Waals surface area contributed by atoms with Gasteiger partial charge in [0, 0.05) is 30.1 Å². The quantitative estimate of drug-likeness (QED) is 0.907. The van der Waals surface area contributed by atoms with Crippen molar-refractivity contribution in [3.8, 4) is 0 Å². The summed E-state index contributed by atoms with van der Waals surface area (Å²) in [6.45, 7) is 8.89. The van der Waals surface area contributed by atoms with Crippen molar-refractivity contribution in [2.75, 3.05) is 13.1 Å². The van der Waals surface area contributed by atoms with Gasteiger partial charge in [0.2, 0.25) is 11.8 Å². The molecule has 2 aliphatic rings. The van der Waals surface area contributed by atoms with E-state index in [2.05, 4.69) is 10.5 Å². The molecule has 3 rings (SSSR count). The summed E-state index contributed by atoms with van der Waals surface area (Å²) in [5.74, 6) is 0.783. The topological polar surface area (TPSA) is 75.4 Å². The van der Waals surface area contributed by atoms with Crippen molar-refractivity contribution in [3.05, 3.63) is 17.0 Å². The Kier molecular flexibility index (Phi) is 4.89. The molecule has 1 saturated heterocycles. The van der Waals surface area contributed by atoms with Crippen molar-refractivity contribution >= 4 is 11.8 Å². The molecule has 0 aromatic carbocycles. The van der Waals surface area contributed by atoms with E-state index in [1.54, 1.807) is 0 Å². The van der Waals surface area contributed by atoms with Crippen LogP contribution in [0.4, 0.5) is 0 Å². The molecule has 6 heteroatoms. The first-order chi connectivity index (χ1) is 11.8. The summed E-state index contributed by atoms with van der Waals surface area (Å²) in [5, 5.41) is 6.99. The summed E-state index contributed by atoms with van der Waals surface area (Å²) in [5.41, 5.74) is 1.61. The van der Waals surface area contributed by atoms with E-state index in [-0.39, 0.29) is 29.2 Å². The molecule has 1 N–H and O–H groups in total. The van der Waals surface area contributed by atoms with Crippen LogP contribution in [0.1, 0.15) is 56.5 Å². The largest absolute Gasteiger partial charge is 0.361 e. The van der Waals surface area contributed by atoms with E-state index in [1.807, 2.05) is 32.6 Å². The molecule has 1 spiro atoms. The smallest absolute Gasteiger partial charge is 0.227 e. The lowest BCUT2D eigenvalue weighted by Crippen LogP contribution is -2.42. The Morgan fingerprint density at radius 1 is 1.32 bits per heavy atom. The third-order valence-corrected chi connectivity index (χ3v) is 5.86. The van der Waals surface area contributed by atoms with E-state index < -0.39 is 0 Å². The van der Waals surface area contributed by atoms with Crippen LogP contribution < -0.4 is 5.32 Å². The number of hydrogen-bond acceptors (Lipinski definition) is 4. The molecule has 1 aliphatic heterocycles. The fourth-order valence-corrected chi connectivity index (χ4v) is 4.51. The maximum Gasteiger partial charge on any atom is 0.227 e. The highest BCUT2D eigenvalue weighted by molar-refractivity contribution is 5.84. The van der Waals surface area contributed by atoms with Crippen LogP contribution in [-0.4, -0.2) is 41.0 Å². The Morgan fingerprint density at radius 3 is 2.56 bits per heavy atom. The van der Waals surface area contributed by atoms with Crippen LogP contribution in [-0.2, 0) is 16.0 Å². The van der Waals surface area contributed by atoms with Crippen molar-refractivity contribution in [2.45, 2.75) is 65.8 Å². The van der Waals surface area contributed by atoms with Crippen molar-refractivity contribution in [2.24, 2.45) is 11.3 Å². The number of rotatable bonds is 4. The molecule has 2 heterocycles. The minimum atomic E-state index is -0.0916. The highest BCUT2D eigenvalue weighted by Gasteiger charge is 2.52. The summed E-state index contributed by atoms with van der Waals surface area (Å²) < 4.78 is 5.17. The van der Waals surface area contributed by atoms with Gasteiger partial charge < -0.3 is 14.7 Å². The molecule has 138 valence electrons. The van der Waals surface area contributed by atoms with Crippen LogP contribution >= 0.6 is 0 Å². The molecule has 6 nitrogen and oxygen atoms in total. The van der Waals surface area contributed by atoms with Crippen LogP contribution in [0.25, 0.3) is 0 Å². The van der Waals surface area contributed by atoms with Gasteiger partial charge in [-0.3, -0.25) is 9.59 Å². The molecule has 1 atom stereocenters. The van der Waals surface area contributed by atoms with Gasteiger partial charge in [-0.1, -0.05) is 18.0 Å². The molecule has 2 amide bonds. The van der Waals surface area contributed by atoms with Crippen molar-refractivity contribution in [1.82, 2.24) is 15.4 Å². The minimum absolute atomic E-state index is 0.0344. The predicted octanol–water partition coefficient (Wildman–Crippen LogP) is 2.38. The van der Waals surface area contributed by atoms with E-state index in [4.69, 9.17) is 4.52 Å². The van der Waals surface area contributed by atoms with E-state index in [9.17, 15) is 9.59 Å². The molecule has 0 bridgehead atoms. The number of amides is 2. The fraction of sp³-hybridized carbons (Fsp3) is 0.737. The first-order valence-corrected chi connectivity index (χ1v) is 9.32. The second kappa shape index (κ2) is 6.81. The maximum atomic E-state index is 12.9. The Balaban J connectivity index is 1.75. The van der Waals surface area contributed by atoms with E-state index in [1.165, 1.54) is 0 Å². The number of carbonyl (C=O) groups excluding carboxylic acids is 2. The van der Waals surface area contributed by atoms with Gasteiger partial charge in [0.25, 0.3) is 0 Å². The highest BCUT2D eigenvalue weighted by Crippen LogP contribution is 2.49. The molecule has 1 saturated carbocycles. The zero-order chi connectivity index (χ0) is 18.2. The molecule has 1 unspecified atom stereocenters. The molecule has 2 fully saturated rings. The standard InChI is InChI=1S/C19H29N3O3/c1-12(2)20-18(24)16-10-22(11-19(16)7-5-6-8-19)17(23)9-15-13(3)21-25-14(15)4/h12,16H,5-11H2,1-4H3,(H,20,24). The van der Waals surface area contributed by atoms with Crippen LogP contribution in [0.5, 0.6) is 0 Å². The van der Waals surface area contributed by atoms with Crippen LogP contribution in [0.3, 0.4) is 0 Å². The minimum Gasteiger partial charge on any atom is -0.361 e. The number of carbonyl (C=O) groups is 2. The Morgan fingerprint density at radius 2 is 2.00 bits per heavy atom. The number of likely N-dealkylation sites (tertiary alicyclic amines) is 1. The van der Waals surface area contributed by atoms with Crippen LogP contribution in [0.15, 0.2) is 4.52 Å². The Bertz CT molecular complexity index is 639. The van der Waals surface area contributed by atoms with Gasteiger partial charge in [-0.15, -0.1) is 0 Å². The first kappa shape index (κ1) is 18.0. The third-order valence-electron chi connectivity index (χ3n) is 5.86. The van der Waals surface area contributed by atoms with Crippen LogP contribution in [0, 0.1) is 25.2 Å². The monoisotopic (exact) mass is 347 g/mol. The predicted molar refractivity (Wildman–Crippen MR) is 93.9 cm³/mol. The summed E-state index contributed by atoms with van der Waals surface area (Å²) in [6, 6.07) is 0.123. The van der Waals surface area contributed by atoms with Gasteiger partial charge in [0.1, 0.15) is 5.76 Å². The Labute approximate surface area is 149 Å². The second-order valence-electron chi connectivity index (χ2n) is 8.04. The normalized spacial score (nSPS) is 22.1. The van der Waals surface area contributed by atoms with E-state index >= 15 is 0 Å². The number of nitrogens with zero attached hydrogens (tertiary/aromatic N) is 2. The van der Waals surface area contributed by atoms with Gasteiger partial charge in [0.15, 0.2) is 0 Å². The SMILES string of the molecule is Cc1noc(C)c1CC(=O)N1CC(C(=O)NC(C)C)C2(CCCC2)C1. The lowest BCUT2D eigenvalue weighted by atomic mass is 9.76. The molecule has 1 aromatic rings. The zero-order valence-electron chi connectivity index (χ0n) is 15.7. The molecule has 1 aliphatic carbocycles. The van der Waals surface area contributed by atoms with E-state index in [0.717, 1.165) is 36.9 Å². The summed E-state index contributed by atoms with van der Waals surface area (Å²) in [6.07, 6.45) is 4.68. The molecular formula is C19H29N3O3. The number of aryl methyl sites for hydroxylation is 2. The second-order valence-corrected chi connectivity index (χ2v) is 8.04. The third kappa shape index (κ3) is 3.44. The fourth-order valence-electron chi connectivity index (χ4n) is 4.51. The summed E-state index contributed by atoms with van der Waals surface area (Å²) >= 11 is 0. The molecule has 1 aromatic heterocycles.